The first-order chi connectivity index (χ1) is 10.5. The summed E-state index contributed by atoms with van der Waals surface area (Å²) in [5, 5.41) is 14.3. The Labute approximate surface area is 133 Å². The monoisotopic (exact) mass is 317 g/mol. The van der Waals surface area contributed by atoms with Crippen molar-refractivity contribution >= 4 is 23.2 Å². The number of benzene rings is 1. The number of hydrogen-bond acceptors (Lipinski definition) is 3. The molecule has 2 N–H and O–H groups in total. The molecule has 0 aliphatic heterocycles. The van der Waals surface area contributed by atoms with E-state index in [4.69, 9.17) is 0 Å². The molecule has 1 atom stereocenters. The van der Waals surface area contributed by atoms with E-state index in [-0.39, 0.29) is 12.5 Å². The fourth-order valence-electron chi connectivity index (χ4n) is 2.16. The van der Waals surface area contributed by atoms with Gasteiger partial charge in [0.25, 0.3) is 0 Å². The van der Waals surface area contributed by atoms with Crippen LogP contribution in [0.2, 0.25) is 0 Å². The van der Waals surface area contributed by atoms with Gasteiger partial charge in [-0.2, -0.15) is 0 Å². The maximum absolute atomic E-state index is 11.9. The van der Waals surface area contributed by atoms with Gasteiger partial charge in [0, 0.05) is 17.8 Å². The third kappa shape index (κ3) is 3.95. The number of carboxylic acids is 1. The van der Waals surface area contributed by atoms with E-state index >= 15 is 0 Å². The molecular weight excluding hydrogens is 298 g/mol. The number of hydrogen-bond donors (Lipinski definition) is 2. The number of rotatable bonds is 7. The topological polar surface area (TPSA) is 66.4 Å². The van der Waals surface area contributed by atoms with Gasteiger partial charge in [0.05, 0.1) is 0 Å². The minimum atomic E-state index is -1.13. The SMILES string of the molecule is CC(CNC(=O)CCc1cccs1)(C(=O)O)c1ccccc1. The van der Waals surface area contributed by atoms with Gasteiger partial charge in [0.2, 0.25) is 5.91 Å². The fourth-order valence-corrected chi connectivity index (χ4v) is 2.87. The van der Waals surface area contributed by atoms with E-state index in [9.17, 15) is 14.7 Å². The Morgan fingerprint density at radius 2 is 1.91 bits per heavy atom. The zero-order valence-corrected chi connectivity index (χ0v) is 13.2. The van der Waals surface area contributed by atoms with Crippen molar-refractivity contribution in [2.24, 2.45) is 0 Å². The lowest BCUT2D eigenvalue weighted by Crippen LogP contribution is -2.44. The van der Waals surface area contributed by atoms with Gasteiger partial charge in [-0.05, 0) is 30.4 Å². The molecule has 2 rings (SSSR count). The molecule has 0 bridgehead atoms. The molecular formula is C17H19NO3S. The van der Waals surface area contributed by atoms with Crippen LogP contribution >= 0.6 is 11.3 Å². The van der Waals surface area contributed by atoms with Crippen molar-refractivity contribution in [2.45, 2.75) is 25.2 Å². The second-order valence-electron chi connectivity index (χ2n) is 5.36. The predicted molar refractivity (Wildman–Crippen MR) is 87.1 cm³/mol. The van der Waals surface area contributed by atoms with Gasteiger partial charge in [0.15, 0.2) is 0 Å². The molecule has 4 nitrogen and oxygen atoms in total. The van der Waals surface area contributed by atoms with Crippen LogP contribution in [0.3, 0.4) is 0 Å². The van der Waals surface area contributed by atoms with E-state index in [0.717, 1.165) is 4.88 Å². The smallest absolute Gasteiger partial charge is 0.315 e. The first-order valence-electron chi connectivity index (χ1n) is 7.10. The van der Waals surface area contributed by atoms with Crippen molar-refractivity contribution < 1.29 is 14.7 Å². The van der Waals surface area contributed by atoms with Crippen LogP contribution < -0.4 is 5.32 Å². The summed E-state index contributed by atoms with van der Waals surface area (Å²) < 4.78 is 0. The summed E-state index contributed by atoms with van der Waals surface area (Å²) in [6.45, 7) is 1.71. The largest absolute Gasteiger partial charge is 0.481 e. The van der Waals surface area contributed by atoms with Crippen molar-refractivity contribution in [1.82, 2.24) is 5.32 Å². The number of thiophene rings is 1. The molecule has 1 aromatic heterocycles. The number of nitrogens with one attached hydrogen (secondary N) is 1. The molecule has 0 fully saturated rings. The molecule has 1 amide bonds. The van der Waals surface area contributed by atoms with E-state index < -0.39 is 11.4 Å². The summed E-state index contributed by atoms with van der Waals surface area (Å²) >= 11 is 1.62. The average Bonchev–Trinajstić information content (AvgIpc) is 3.04. The second kappa shape index (κ2) is 7.22. The number of carbonyl (C=O) groups excluding carboxylic acids is 1. The zero-order chi connectivity index (χ0) is 16.0. The third-order valence-corrected chi connectivity index (χ3v) is 4.64. The molecule has 0 saturated heterocycles. The Balaban J connectivity index is 1.94. The summed E-state index contributed by atoms with van der Waals surface area (Å²) in [6.07, 6.45) is 1.05. The molecule has 22 heavy (non-hydrogen) atoms. The van der Waals surface area contributed by atoms with Crippen LogP contribution in [0.1, 0.15) is 23.8 Å². The Morgan fingerprint density at radius 3 is 2.50 bits per heavy atom. The highest BCUT2D eigenvalue weighted by Gasteiger charge is 2.35. The normalized spacial score (nSPS) is 13.3. The molecule has 1 aromatic carbocycles. The minimum Gasteiger partial charge on any atom is -0.481 e. The van der Waals surface area contributed by atoms with Crippen LogP contribution in [0.15, 0.2) is 47.8 Å². The van der Waals surface area contributed by atoms with Crippen molar-refractivity contribution in [1.29, 1.82) is 0 Å². The van der Waals surface area contributed by atoms with Crippen LogP contribution in [-0.4, -0.2) is 23.5 Å². The molecule has 5 heteroatoms. The zero-order valence-electron chi connectivity index (χ0n) is 12.4. The highest BCUT2D eigenvalue weighted by molar-refractivity contribution is 7.09. The molecule has 116 valence electrons. The first kappa shape index (κ1) is 16.2. The molecule has 2 aromatic rings. The Kier molecular flexibility index (Phi) is 5.33. The van der Waals surface area contributed by atoms with Crippen LogP contribution in [0.4, 0.5) is 0 Å². The summed E-state index contributed by atoms with van der Waals surface area (Å²) in [4.78, 5) is 24.7. The lowest BCUT2D eigenvalue weighted by Gasteiger charge is -2.25. The maximum Gasteiger partial charge on any atom is 0.315 e. The Morgan fingerprint density at radius 1 is 1.18 bits per heavy atom. The van der Waals surface area contributed by atoms with Crippen molar-refractivity contribution in [2.75, 3.05) is 6.54 Å². The van der Waals surface area contributed by atoms with Crippen molar-refractivity contribution in [3.8, 4) is 0 Å². The van der Waals surface area contributed by atoms with Gasteiger partial charge < -0.3 is 10.4 Å². The summed E-state index contributed by atoms with van der Waals surface area (Å²) in [6, 6.07) is 12.9. The van der Waals surface area contributed by atoms with Crippen molar-refractivity contribution in [3.05, 3.63) is 58.3 Å². The molecule has 0 radical (unpaired) electrons. The lowest BCUT2D eigenvalue weighted by atomic mass is 9.82. The van der Waals surface area contributed by atoms with E-state index in [0.29, 0.717) is 18.4 Å². The Hall–Kier alpha value is -2.14. The van der Waals surface area contributed by atoms with E-state index in [1.807, 2.05) is 23.6 Å². The molecule has 0 aliphatic carbocycles. The van der Waals surface area contributed by atoms with Gasteiger partial charge in [0.1, 0.15) is 5.41 Å². The van der Waals surface area contributed by atoms with E-state index in [2.05, 4.69) is 5.32 Å². The highest BCUT2D eigenvalue weighted by atomic mass is 32.1. The highest BCUT2D eigenvalue weighted by Crippen LogP contribution is 2.23. The number of amides is 1. The second-order valence-corrected chi connectivity index (χ2v) is 6.39. The van der Waals surface area contributed by atoms with Gasteiger partial charge in [-0.1, -0.05) is 36.4 Å². The van der Waals surface area contributed by atoms with Crippen molar-refractivity contribution in [3.63, 3.8) is 0 Å². The molecule has 1 unspecified atom stereocenters. The maximum atomic E-state index is 11.9. The molecule has 0 spiro atoms. The van der Waals surface area contributed by atoms with Crippen LogP contribution in [0.25, 0.3) is 0 Å². The lowest BCUT2D eigenvalue weighted by molar-refractivity contribution is -0.143. The quantitative estimate of drug-likeness (QED) is 0.825. The van der Waals surface area contributed by atoms with Crippen LogP contribution in [-0.2, 0) is 21.4 Å². The number of carboxylic acid groups (broad SMARTS) is 1. The van der Waals surface area contributed by atoms with Gasteiger partial charge in [-0.15, -0.1) is 11.3 Å². The van der Waals surface area contributed by atoms with Crippen LogP contribution in [0, 0.1) is 0 Å². The predicted octanol–water partition coefficient (Wildman–Crippen LogP) is 2.84. The fraction of sp³-hybridized carbons (Fsp3) is 0.294. The number of carbonyl (C=O) groups is 2. The standard InChI is InChI=1S/C17H19NO3S/c1-17(16(20)21,13-6-3-2-4-7-13)12-18-15(19)10-9-14-8-5-11-22-14/h2-8,11H,9-10,12H2,1H3,(H,18,19)(H,20,21). The summed E-state index contributed by atoms with van der Waals surface area (Å²) in [5.41, 5.74) is -0.444. The van der Waals surface area contributed by atoms with Gasteiger partial charge in [-0.25, -0.2) is 0 Å². The summed E-state index contributed by atoms with van der Waals surface area (Å²) in [7, 11) is 0. The van der Waals surface area contributed by atoms with Gasteiger partial charge in [-0.3, -0.25) is 9.59 Å². The van der Waals surface area contributed by atoms with E-state index in [1.165, 1.54) is 0 Å². The number of aliphatic carboxylic acids is 1. The molecule has 0 aliphatic rings. The minimum absolute atomic E-state index is 0.0790. The molecule has 1 heterocycles. The molecule has 0 saturated carbocycles. The Bertz CT molecular complexity index is 625. The summed E-state index contributed by atoms with van der Waals surface area (Å²) in [5.74, 6) is -1.07. The average molecular weight is 317 g/mol. The third-order valence-electron chi connectivity index (χ3n) is 3.70. The number of aryl methyl sites for hydroxylation is 1. The van der Waals surface area contributed by atoms with Crippen LogP contribution in [0.5, 0.6) is 0 Å². The van der Waals surface area contributed by atoms with Gasteiger partial charge >= 0.3 is 5.97 Å². The first-order valence-corrected chi connectivity index (χ1v) is 7.98. The van der Waals surface area contributed by atoms with E-state index in [1.54, 1.807) is 42.5 Å².